The number of rotatable bonds is 5. The predicted molar refractivity (Wildman–Crippen MR) is 79.6 cm³/mol. The van der Waals surface area contributed by atoms with Gasteiger partial charge in [0.1, 0.15) is 5.69 Å². The zero-order valence-corrected chi connectivity index (χ0v) is 13.2. The average molecular weight is 289 g/mol. The van der Waals surface area contributed by atoms with Gasteiger partial charge in [-0.05, 0) is 32.3 Å². The van der Waals surface area contributed by atoms with Gasteiger partial charge < -0.3 is 11.1 Å². The summed E-state index contributed by atoms with van der Waals surface area (Å²) in [4.78, 5) is 12.1. The molecule has 0 radical (unpaired) electrons. The predicted octanol–water partition coefficient (Wildman–Crippen LogP) is 1.64. The summed E-state index contributed by atoms with van der Waals surface area (Å²) >= 11 is 0. The largest absolute Gasteiger partial charge is 0.344 e. The SMILES string of the molecule is Cc1cc(C(=O)NC(C)(CN)CC(C)C)nn1C.Cl. The van der Waals surface area contributed by atoms with Crippen molar-refractivity contribution in [1.29, 1.82) is 0 Å². The Hall–Kier alpha value is -1.07. The summed E-state index contributed by atoms with van der Waals surface area (Å²) in [5.41, 5.74) is 6.80. The molecule has 0 aliphatic heterocycles. The molecule has 110 valence electrons. The Morgan fingerprint density at radius 2 is 2.16 bits per heavy atom. The van der Waals surface area contributed by atoms with Crippen LogP contribution in [0.5, 0.6) is 0 Å². The van der Waals surface area contributed by atoms with Crippen molar-refractivity contribution in [2.24, 2.45) is 18.7 Å². The molecule has 1 amide bonds. The van der Waals surface area contributed by atoms with E-state index in [1.54, 1.807) is 10.7 Å². The molecule has 0 fully saturated rings. The molecular formula is C13H25ClN4O. The lowest BCUT2D eigenvalue weighted by Crippen LogP contribution is -2.52. The van der Waals surface area contributed by atoms with Crippen molar-refractivity contribution >= 4 is 18.3 Å². The van der Waals surface area contributed by atoms with E-state index in [4.69, 9.17) is 5.73 Å². The monoisotopic (exact) mass is 288 g/mol. The molecule has 1 atom stereocenters. The lowest BCUT2D eigenvalue weighted by Gasteiger charge is -2.30. The van der Waals surface area contributed by atoms with Crippen LogP contribution in [-0.2, 0) is 7.05 Å². The van der Waals surface area contributed by atoms with Crippen LogP contribution in [-0.4, -0.2) is 27.8 Å². The fourth-order valence-electron chi connectivity index (χ4n) is 2.10. The number of hydrogen-bond donors (Lipinski definition) is 2. The van der Waals surface area contributed by atoms with Gasteiger partial charge in [0, 0.05) is 19.3 Å². The fraction of sp³-hybridized carbons (Fsp3) is 0.692. The first-order valence-corrected chi connectivity index (χ1v) is 6.30. The average Bonchev–Trinajstić information content (AvgIpc) is 2.58. The third-order valence-corrected chi connectivity index (χ3v) is 3.07. The smallest absolute Gasteiger partial charge is 0.272 e. The summed E-state index contributed by atoms with van der Waals surface area (Å²) in [5, 5.41) is 7.16. The van der Waals surface area contributed by atoms with Gasteiger partial charge in [0.05, 0.1) is 5.54 Å². The lowest BCUT2D eigenvalue weighted by atomic mass is 9.90. The number of aromatic nitrogens is 2. The molecule has 0 saturated heterocycles. The summed E-state index contributed by atoms with van der Waals surface area (Å²) < 4.78 is 1.69. The van der Waals surface area contributed by atoms with Crippen LogP contribution < -0.4 is 11.1 Å². The molecule has 1 rings (SSSR count). The molecule has 0 spiro atoms. The molecular weight excluding hydrogens is 264 g/mol. The van der Waals surface area contributed by atoms with Gasteiger partial charge in [-0.1, -0.05) is 13.8 Å². The number of hydrogen-bond acceptors (Lipinski definition) is 3. The molecule has 6 heteroatoms. The van der Waals surface area contributed by atoms with Crippen molar-refractivity contribution in [3.8, 4) is 0 Å². The molecule has 1 unspecified atom stereocenters. The Balaban J connectivity index is 0.00000324. The van der Waals surface area contributed by atoms with E-state index in [1.807, 2.05) is 20.9 Å². The van der Waals surface area contributed by atoms with Crippen LogP contribution in [0.3, 0.4) is 0 Å². The molecule has 0 aliphatic carbocycles. The first-order valence-electron chi connectivity index (χ1n) is 6.30. The van der Waals surface area contributed by atoms with Crippen LogP contribution in [0.4, 0.5) is 0 Å². The number of amides is 1. The van der Waals surface area contributed by atoms with Crippen LogP contribution in [0.2, 0.25) is 0 Å². The lowest BCUT2D eigenvalue weighted by molar-refractivity contribution is 0.0892. The summed E-state index contributed by atoms with van der Waals surface area (Å²) in [5.74, 6) is 0.316. The maximum atomic E-state index is 12.1. The number of carbonyl (C=O) groups excluding carboxylic acids is 1. The molecule has 19 heavy (non-hydrogen) atoms. The van der Waals surface area contributed by atoms with E-state index in [0.29, 0.717) is 18.2 Å². The molecule has 5 nitrogen and oxygen atoms in total. The third kappa shape index (κ3) is 4.84. The van der Waals surface area contributed by atoms with Crippen molar-refractivity contribution in [3.05, 3.63) is 17.5 Å². The maximum absolute atomic E-state index is 12.1. The minimum absolute atomic E-state index is 0. The molecule has 1 aromatic heterocycles. The molecule has 3 N–H and O–H groups in total. The van der Waals surface area contributed by atoms with E-state index < -0.39 is 0 Å². The minimum atomic E-state index is -0.378. The highest BCUT2D eigenvalue weighted by atomic mass is 35.5. The second-order valence-electron chi connectivity index (χ2n) is 5.61. The van der Waals surface area contributed by atoms with E-state index in [9.17, 15) is 4.79 Å². The maximum Gasteiger partial charge on any atom is 0.272 e. The van der Waals surface area contributed by atoms with E-state index in [1.165, 1.54) is 0 Å². The van der Waals surface area contributed by atoms with Gasteiger partial charge in [0.25, 0.3) is 5.91 Å². The summed E-state index contributed by atoms with van der Waals surface area (Å²) in [6.45, 7) is 8.54. The zero-order chi connectivity index (χ0) is 13.9. The van der Waals surface area contributed by atoms with Gasteiger partial charge in [0.15, 0.2) is 0 Å². The van der Waals surface area contributed by atoms with Crippen molar-refractivity contribution in [3.63, 3.8) is 0 Å². The quantitative estimate of drug-likeness (QED) is 0.865. The number of aryl methyl sites for hydroxylation is 2. The Kier molecular flexibility index (Phi) is 6.52. The van der Waals surface area contributed by atoms with Gasteiger partial charge in [0.2, 0.25) is 0 Å². The highest BCUT2D eigenvalue weighted by molar-refractivity contribution is 5.92. The third-order valence-electron chi connectivity index (χ3n) is 3.07. The molecule has 1 heterocycles. The Labute approximate surface area is 121 Å². The number of nitrogens with one attached hydrogen (secondary N) is 1. The van der Waals surface area contributed by atoms with Crippen LogP contribution in [0.1, 0.15) is 43.4 Å². The van der Waals surface area contributed by atoms with E-state index >= 15 is 0 Å². The van der Waals surface area contributed by atoms with Gasteiger partial charge in [-0.15, -0.1) is 12.4 Å². The Bertz CT molecular complexity index is 411. The van der Waals surface area contributed by atoms with Crippen molar-refractivity contribution in [2.45, 2.75) is 39.7 Å². The fourth-order valence-corrected chi connectivity index (χ4v) is 2.10. The van der Waals surface area contributed by atoms with Gasteiger partial charge in [-0.2, -0.15) is 5.10 Å². The van der Waals surface area contributed by atoms with E-state index in [0.717, 1.165) is 12.1 Å². The van der Waals surface area contributed by atoms with Crippen LogP contribution in [0, 0.1) is 12.8 Å². The summed E-state index contributed by atoms with van der Waals surface area (Å²) in [7, 11) is 1.82. The first-order chi connectivity index (χ1) is 8.27. The number of nitrogens with two attached hydrogens (primary N) is 1. The van der Waals surface area contributed by atoms with Crippen LogP contribution in [0.25, 0.3) is 0 Å². The van der Waals surface area contributed by atoms with Crippen molar-refractivity contribution in [2.75, 3.05) is 6.54 Å². The summed E-state index contributed by atoms with van der Waals surface area (Å²) in [6, 6.07) is 1.78. The van der Waals surface area contributed by atoms with Gasteiger partial charge in [-0.3, -0.25) is 9.48 Å². The number of carbonyl (C=O) groups is 1. The Morgan fingerprint density at radius 3 is 2.53 bits per heavy atom. The zero-order valence-electron chi connectivity index (χ0n) is 12.4. The van der Waals surface area contributed by atoms with Gasteiger partial charge >= 0.3 is 0 Å². The highest BCUT2D eigenvalue weighted by Gasteiger charge is 2.27. The first kappa shape index (κ1) is 17.9. The molecule has 0 aliphatic rings. The Morgan fingerprint density at radius 1 is 1.58 bits per heavy atom. The molecule has 0 aromatic carbocycles. The van der Waals surface area contributed by atoms with Crippen molar-refractivity contribution in [1.82, 2.24) is 15.1 Å². The molecule has 0 saturated carbocycles. The van der Waals surface area contributed by atoms with Crippen molar-refractivity contribution < 1.29 is 4.79 Å². The second kappa shape index (κ2) is 6.91. The molecule has 0 bridgehead atoms. The van der Waals surface area contributed by atoms with E-state index in [-0.39, 0.29) is 23.9 Å². The van der Waals surface area contributed by atoms with Crippen LogP contribution in [0.15, 0.2) is 6.07 Å². The molecule has 1 aromatic rings. The highest BCUT2D eigenvalue weighted by Crippen LogP contribution is 2.16. The standard InChI is InChI=1S/C13H24N4O.ClH/c1-9(2)7-13(4,8-14)15-12(18)11-6-10(3)17(5)16-11;/h6,9H,7-8,14H2,1-5H3,(H,15,18);1H. The summed E-state index contributed by atoms with van der Waals surface area (Å²) in [6.07, 6.45) is 0.848. The normalized spacial score (nSPS) is 13.8. The number of halogens is 1. The second-order valence-corrected chi connectivity index (χ2v) is 5.61. The van der Waals surface area contributed by atoms with Gasteiger partial charge in [-0.25, -0.2) is 0 Å². The van der Waals surface area contributed by atoms with Crippen LogP contribution >= 0.6 is 12.4 Å². The number of nitrogens with zero attached hydrogens (tertiary/aromatic N) is 2. The minimum Gasteiger partial charge on any atom is -0.344 e. The topological polar surface area (TPSA) is 72.9 Å². The van der Waals surface area contributed by atoms with E-state index in [2.05, 4.69) is 24.3 Å².